The van der Waals surface area contributed by atoms with Gasteiger partial charge in [-0.1, -0.05) is 6.07 Å². The summed E-state index contributed by atoms with van der Waals surface area (Å²) in [5.74, 6) is 1.75. The van der Waals surface area contributed by atoms with Crippen LogP contribution in [0.1, 0.15) is 25.5 Å². The second-order valence-electron chi connectivity index (χ2n) is 8.04. The van der Waals surface area contributed by atoms with Crippen molar-refractivity contribution in [2.75, 3.05) is 56.0 Å². The molecule has 4 heterocycles. The molecule has 0 bridgehead atoms. The van der Waals surface area contributed by atoms with Crippen molar-refractivity contribution in [1.82, 2.24) is 19.8 Å². The molecule has 1 N–H and O–H groups in total. The average molecular weight is 415 g/mol. The Labute approximate surface area is 176 Å². The van der Waals surface area contributed by atoms with Gasteiger partial charge < -0.3 is 10.2 Å². The van der Waals surface area contributed by atoms with Crippen molar-refractivity contribution >= 4 is 28.2 Å². The van der Waals surface area contributed by atoms with Crippen LogP contribution < -0.4 is 10.2 Å². The monoisotopic (exact) mass is 414 g/mol. The van der Waals surface area contributed by atoms with Crippen molar-refractivity contribution in [2.45, 2.75) is 26.3 Å². The minimum atomic E-state index is -0.0629. The molecule has 2 saturated heterocycles. The van der Waals surface area contributed by atoms with E-state index in [1.807, 2.05) is 12.3 Å². The van der Waals surface area contributed by atoms with Crippen molar-refractivity contribution < 1.29 is 4.79 Å². The number of nitrogens with zero attached hydrogens (tertiary/aromatic N) is 5. The van der Waals surface area contributed by atoms with Crippen LogP contribution in [0.5, 0.6) is 0 Å². The molecule has 0 aliphatic carbocycles. The van der Waals surface area contributed by atoms with Gasteiger partial charge in [-0.25, -0.2) is 9.97 Å². The van der Waals surface area contributed by atoms with Gasteiger partial charge in [0, 0.05) is 64.3 Å². The van der Waals surface area contributed by atoms with Gasteiger partial charge >= 0.3 is 0 Å². The van der Waals surface area contributed by atoms with Crippen LogP contribution in [0.3, 0.4) is 0 Å². The van der Waals surface area contributed by atoms with Gasteiger partial charge in [0.25, 0.3) is 0 Å². The van der Waals surface area contributed by atoms with E-state index >= 15 is 0 Å². The highest BCUT2D eigenvalue weighted by Gasteiger charge is 2.25. The third-order valence-corrected chi connectivity index (χ3v) is 6.49. The molecule has 8 heteroatoms. The summed E-state index contributed by atoms with van der Waals surface area (Å²) < 4.78 is 0. The lowest BCUT2D eigenvalue weighted by atomic mass is 9.97. The van der Waals surface area contributed by atoms with Crippen LogP contribution in [-0.2, 0) is 11.3 Å². The number of thiazole rings is 1. The number of aromatic nitrogens is 2. The Balaban J connectivity index is 1.23. The fourth-order valence-electron chi connectivity index (χ4n) is 4.33. The Hall–Kier alpha value is -2.03. The van der Waals surface area contributed by atoms with E-state index in [9.17, 15) is 4.79 Å². The number of hydrogen-bond donors (Lipinski definition) is 1. The van der Waals surface area contributed by atoms with Crippen LogP contribution in [0.25, 0.3) is 0 Å². The third kappa shape index (κ3) is 5.74. The quantitative estimate of drug-likeness (QED) is 0.784. The van der Waals surface area contributed by atoms with Crippen LogP contribution in [0.4, 0.5) is 10.9 Å². The maximum absolute atomic E-state index is 11.2. The van der Waals surface area contributed by atoms with Crippen LogP contribution in [0.15, 0.2) is 29.8 Å². The highest BCUT2D eigenvalue weighted by atomic mass is 32.1. The first kappa shape index (κ1) is 20.3. The number of anilines is 2. The fraction of sp³-hybridized carbons (Fsp3) is 0.571. The van der Waals surface area contributed by atoms with Crippen molar-refractivity contribution in [3.8, 4) is 0 Å². The molecule has 7 nitrogen and oxygen atoms in total. The summed E-state index contributed by atoms with van der Waals surface area (Å²) >= 11 is 1.51. The van der Waals surface area contributed by atoms with E-state index in [0.29, 0.717) is 5.13 Å². The summed E-state index contributed by atoms with van der Waals surface area (Å²) in [5.41, 5.74) is 1.06. The number of amides is 1. The predicted molar refractivity (Wildman–Crippen MR) is 117 cm³/mol. The maximum atomic E-state index is 11.2. The SMILES string of the molecule is CC(=O)Nc1nc(CN2CCCC(CN3CCN(c4ccccn4)CC3)C2)cs1. The fourth-order valence-corrected chi connectivity index (χ4v) is 5.07. The number of likely N-dealkylation sites (tertiary alicyclic amines) is 1. The molecule has 1 atom stereocenters. The van der Waals surface area contributed by atoms with Crippen molar-refractivity contribution in [3.63, 3.8) is 0 Å². The molecule has 1 unspecified atom stereocenters. The highest BCUT2D eigenvalue weighted by Crippen LogP contribution is 2.23. The molecule has 0 saturated carbocycles. The standard InChI is InChI=1S/C21H30N6OS/c1-17(28)23-21-24-19(16-29-21)15-26-8-4-5-18(14-26)13-25-9-11-27(12-10-25)20-6-2-3-7-22-20/h2-3,6-7,16,18H,4-5,8-15H2,1H3,(H,23,24,28). The first-order valence-corrected chi connectivity index (χ1v) is 11.4. The van der Waals surface area contributed by atoms with E-state index < -0.39 is 0 Å². The Kier molecular flexibility index (Phi) is 6.74. The lowest BCUT2D eigenvalue weighted by Gasteiger charge is -2.39. The molecule has 0 spiro atoms. The van der Waals surface area contributed by atoms with E-state index in [1.54, 1.807) is 0 Å². The normalized spacial score (nSPS) is 21.3. The molecule has 1 amide bonds. The third-order valence-electron chi connectivity index (χ3n) is 5.69. The van der Waals surface area contributed by atoms with Gasteiger partial charge in [0.2, 0.25) is 5.91 Å². The zero-order valence-electron chi connectivity index (χ0n) is 17.1. The summed E-state index contributed by atoms with van der Waals surface area (Å²) in [6, 6.07) is 6.14. The smallest absolute Gasteiger partial charge is 0.223 e. The van der Waals surface area contributed by atoms with Crippen LogP contribution >= 0.6 is 11.3 Å². The largest absolute Gasteiger partial charge is 0.354 e. The predicted octanol–water partition coefficient (Wildman–Crippen LogP) is 2.53. The van der Waals surface area contributed by atoms with Gasteiger partial charge in [-0.2, -0.15) is 0 Å². The Bertz CT molecular complexity index is 789. The molecular weight excluding hydrogens is 384 g/mol. The van der Waals surface area contributed by atoms with Crippen LogP contribution in [-0.4, -0.2) is 71.5 Å². The minimum absolute atomic E-state index is 0.0629. The van der Waals surface area contributed by atoms with E-state index in [1.165, 1.54) is 37.6 Å². The molecule has 156 valence electrons. The van der Waals surface area contributed by atoms with Gasteiger partial charge in [0.1, 0.15) is 5.82 Å². The summed E-state index contributed by atoms with van der Waals surface area (Å²) in [6.07, 6.45) is 4.44. The first-order chi connectivity index (χ1) is 14.2. The van der Waals surface area contributed by atoms with Gasteiger partial charge in [-0.05, 0) is 37.4 Å². The number of nitrogens with one attached hydrogen (secondary N) is 1. The maximum Gasteiger partial charge on any atom is 0.223 e. The second-order valence-corrected chi connectivity index (χ2v) is 8.90. The second kappa shape index (κ2) is 9.65. The summed E-state index contributed by atoms with van der Waals surface area (Å²) in [5, 5.41) is 5.54. The number of carbonyl (C=O) groups is 1. The van der Waals surface area contributed by atoms with Crippen molar-refractivity contribution in [2.24, 2.45) is 5.92 Å². The summed E-state index contributed by atoms with van der Waals surface area (Å²) in [7, 11) is 0. The zero-order chi connectivity index (χ0) is 20.1. The molecule has 2 aliphatic rings. The Morgan fingerprint density at radius 3 is 2.83 bits per heavy atom. The molecule has 4 rings (SSSR count). The van der Waals surface area contributed by atoms with Gasteiger partial charge in [0.05, 0.1) is 5.69 Å². The molecule has 29 heavy (non-hydrogen) atoms. The van der Waals surface area contributed by atoms with Crippen molar-refractivity contribution in [1.29, 1.82) is 0 Å². The number of hydrogen-bond acceptors (Lipinski definition) is 7. The molecule has 0 aromatic carbocycles. The number of pyridine rings is 1. The summed E-state index contributed by atoms with van der Waals surface area (Å²) in [4.78, 5) is 27.7. The van der Waals surface area contributed by atoms with Crippen LogP contribution in [0.2, 0.25) is 0 Å². The summed E-state index contributed by atoms with van der Waals surface area (Å²) in [6.45, 7) is 10.2. The van der Waals surface area contributed by atoms with Crippen LogP contribution in [0, 0.1) is 5.92 Å². The topological polar surface area (TPSA) is 64.6 Å². The molecule has 2 fully saturated rings. The lowest BCUT2D eigenvalue weighted by molar-refractivity contribution is -0.114. The van der Waals surface area contributed by atoms with E-state index in [4.69, 9.17) is 0 Å². The lowest BCUT2D eigenvalue weighted by Crippen LogP contribution is -2.49. The minimum Gasteiger partial charge on any atom is -0.354 e. The highest BCUT2D eigenvalue weighted by molar-refractivity contribution is 7.13. The molecule has 2 aliphatic heterocycles. The average Bonchev–Trinajstić information content (AvgIpc) is 3.15. The number of carbonyl (C=O) groups excluding carboxylic acids is 1. The molecular formula is C21H30N6OS. The first-order valence-electron chi connectivity index (χ1n) is 10.5. The van der Waals surface area contributed by atoms with E-state index in [-0.39, 0.29) is 5.91 Å². The molecule has 0 radical (unpaired) electrons. The number of piperidine rings is 1. The van der Waals surface area contributed by atoms with Gasteiger partial charge in [-0.15, -0.1) is 11.3 Å². The van der Waals surface area contributed by atoms with Crippen molar-refractivity contribution in [3.05, 3.63) is 35.5 Å². The number of piperazine rings is 1. The van der Waals surface area contributed by atoms with E-state index in [2.05, 4.69) is 47.5 Å². The molecule has 2 aromatic rings. The number of rotatable bonds is 6. The Morgan fingerprint density at radius 2 is 2.07 bits per heavy atom. The van der Waals surface area contributed by atoms with Gasteiger partial charge in [-0.3, -0.25) is 14.6 Å². The van der Waals surface area contributed by atoms with Gasteiger partial charge in [0.15, 0.2) is 5.13 Å². The zero-order valence-corrected chi connectivity index (χ0v) is 17.9. The molecule has 2 aromatic heterocycles. The van der Waals surface area contributed by atoms with E-state index in [0.717, 1.165) is 63.2 Å². The Morgan fingerprint density at radius 1 is 1.21 bits per heavy atom.